The van der Waals surface area contributed by atoms with E-state index in [0.29, 0.717) is 10.6 Å². The fraction of sp³-hybridized carbons (Fsp3) is 0.485. The molecule has 2 aromatic rings. The van der Waals surface area contributed by atoms with E-state index in [2.05, 4.69) is 0 Å². The third-order valence-electron chi connectivity index (χ3n) is 8.55. The summed E-state index contributed by atoms with van der Waals surface area (Å²) in [6.07, 6.45) is -5.71. The third-order valence-corrected chi connectivity index (χ3v) is 9.86. The molecule has 1 fully saturated rings. The van der Waals surface area contributed by atoms with Crippen LogP contribution in [0.15, 0.2) is 48.5 Å². The van der Waals surface area contributed by atoms with Crippen LogP contribution >= 0.6 is 11.6 Å². The SMILES string of the molecule is COc1ccc(C([C@@H]2C[C@@H](C(=O)N[C@H](C(=O)C(F)(F)C(=O)NCC(F)(F)F)C(C)C)N(C(=O)[C@H](CO)NC(=O)C(F)(F)c3cccc(Cl)c3)C2)S(=O)[O-])cc1. The number of amides is 4. The van der Waals surface area contributed by atoms with Crippen LogP contribution in [0, 0.1) is 11.8 Å². The topological polar surface area (TPSA) is 194 Å². The second-order valence-electron chi connectivity index (χ2n) is 12.7. The number of likely N-dealkylation sites (tertiary alicyclic amines) is 1. The van der Waals surface area contributed by atoms with E-state index in [1.54, 1.807) is 5.32 Å². The van der Waals surface area contributed by atoms with E-state index in [4.69, 9.17) is 16.3 Å². The zero-order valence-electron chi connectivity index (χ0n) is 29.0. The molecule has 2 aromatic carbocycles. The highest BCUT2D eigenvalue weighted by Gasteiger charge is 2.53. The molecule has 0 aliphatic carbocycles. The molecule has 13 nitrogen and oxygen atoms in total. The first kappa shape index (κ1) is 45.1. The van der Waals surface area contributed by atoms with Gasteiger partial charge in [-0.05, 0) is 59.2 Å². The van der Waals surface area contributed by atoms with Crippen LogP contribution in [-0.2, 0) is 41.0 Å². The summed E-state index contributed by atoms with van der Waals surface area (Å²) < 4.78 is 128. The first-order valence-corrected chi connectivity index (χ1v) is 17.6. The highest BCUT2D eigenvalue weighted by Crippen LogP contribution is 2.38. The molecule has 55 heavy (non-hydrogen) atoms. The molecule has 1 aliphatic heterocycles. The van der Waals surface area contributed by atoms with Crippen molar-refractivity contribution in [3.05, 3.63) is 64.7 Å². The van der Waals surface area contributed by atoms with Crippen LogP contribution in [-0.4, -0.2) is 105 Å². The number of ether oxygens (including phenoxy) is 1. The van der Waals surface area contributed by atoms with Crippen molar-refractivity contribution < 1.29 is 73.3 Å². The van der Waals surface area contributed by atoms with Gasteiger partial charge in [-0.1, -0.05) is 49.7 Å². The predicted molar refractivity (Wildman–Crippen MR) is 178 cm³/mol. The van der Waals surface area contributed by atoms with E-state index in [0.717, 1.165) is 37.4 Å². The van der Waals surface area contributed by atoms with Crippen molar-refractivity contribution in [1.29, 1.82) is 0 Å². The largest absolute Gasteiger partial charge is 0.772 e. The maximum Gasteiger partial charge on any atom is 0.405 e. The lowest BCUT2D eigenvalue weighted by Crippen LogP contribution is -2.60. The summed E-state index contributed by atoms with van der Waals surface area (Å²) in [5.74, 6) is -21.5. The molecule has 0 radical (unpaired) electrons. The minimum Gasteiger partial charge on any atom is -0.772 e. The van der Waals surface area contributed by atoms with Crippen molar-refractivity contribution in [1.82, 2.24) is 20.9 Å². The van der Waals surface area contributed by atoms with Gasteiger partial charge in [0.25, 0.3) is 11.8 Å². The Morgan fingerprint density at radius 2 is 1.62 bits per heavy atom. The highest BCUT2D eigenvalue weighted by molar-refractivity contribution is 7.79. The summed E-state index contributed by atoms with van der Waals surface area (Å²) in [5, 5.41) is 12.9. The van der Waals surface area contributed by atoms with Gasteiger partial charge >= 0.3 is 18.0 Å². The summed E-state index contributed by atoms with van der Waals surface area (Å²) in [6.45, 7) is -1.96. The summed E-state index contributed by atoms with van der Waals surface area (Å²) in [4.78, 5) is 65.9. The van der Waals surface area contributed by atoms with Crippen LogP contribution in [0.25, 0.3) is 0 Å². The number of rotatable bonds is 16. The number of alkyl halides is 7. The van der Waals surface area contributed by atoms with Crippen molar-refractivity contribution in [3.63, 3.8) is 0 Å². The lowest BCUT2D eigenvalue weighted by molar-refractivity contribution is -0.165. The Hall–Kier alpha value is -4.34. The molecule has 1 heterocycles. The second-order valence-corrected chi connectivity index (χ2v) is 14.2. The van der Waals surface area contributed by atoms with Crippen LogP contribution in [0.4, 0.5) is 30.7 Å². The maximum atomic E-state index is 15.1. The van der Waals surface area contributed by atoms with E-state index < -0.39 is 125 Å². The van der Waals surface area contributed by atoms with Crippen molar-refractivity contribution in [2.24, 2.45) is 11.8 Å². The lowest BCUT2D eigenvalue weighted by Gasteiger charge is -2.31. The quantitative estimate of drug-likeness (QED) is 0.112. The molecule has 4 N–H and O–H groups in total. The van der Waals surface area contributed by atoms with Crippen LogP contribution in [0.5, 0.6) is 5.75 Å². The Labute approximate surface area is 316 Å². The molecule has 1 aliphatic rings. The van der Waals surface area contributed by atoms with E-state index in [9.17, 15) is 59.8 Å². The summed E-state index contributed by atoms with van der Waals surface area (Å²) in [6, 6.07) is 3.11. The second kappa shape index (κ2) is 18.1. The van der Waals surface area contributed by atoms with Crippen LogP contribution in [0.2, 0.25) is 5.02 Å². The average molecular weight is 832 g/mol. The number of nitrogens with zero attached hydrogens (tertiary/aromatic N) is 1. The molecule has 6 atom stereocenters. The van der Waals surface area contributed by atoms with Crippen LogP contribution in [0.1, 0.15) is 36.6 Å². The lowest BCUT2D eigenvalue weighted by atomic mass is 9.93. The van der Waals surface area contributed by atoms with Gasteiger partial charge in [0.2, 0.25) is 17.6 Å². The molecule has 0 bridgehead atoms. The molecule has 304 valence electrons. The average Bonchev–Trinajstić information content (AvgIpc) is 3.55. The predicted octanol–water partition coefficient (Wildman–Crippen LogP) is 2.78. The highest BCUT2D eigenvalue weighted by atomic mass is 35.5. The zero-order valence-corrected chi connectivity index (χ0v) is 30.6. The van der Waals surface area contributed by atoms with Crippen LogP contribution < -0.4 is 20.7 Å². The zero-order chi connectivity index (χ0) is 41.6. The minimum absolute atomic E-state index is 0.125. The molecule has 0 spiro atoms. The first-order chi connectivity index (χ1) is 25.5. The normalized spacial score (nSPS) is 18.5. The smallest absolute Gasteiger partial charge is 0.405 e. The van der Waals surface area contributed by atoms with Gasteiger partial charge in [0.05, 0.1) is 25.0 Å². The fourth-order valence-electron chi connectivity index (χ4n) is 5.75. The number of aliphatic hydroxyl groups excluding tert-OH is 1. The van der Waals surface area contributed by atoms with Gasteiger partial charge in [0.15, 0.2) is 0 Å². The Bertz CT molecular complexity index is 1770. The van der Waals surface area contributed by atoms with Crippen molar-refractivity contribution in [2.75, 3.05) is 26.8 Å². The maximum absolute atomic E-state index is 15.1. The van der Waals surface area contributed by atoms with Gasteiger partial charge in [-0.2, -0.15) is 30.7 Å². The van der Waals surface area contributed by atoms with E-state index in [1.807, 2.05) is 5.32 Å². The monoisotopic (exact) mass is 831 g/mol. The number of aliphatic hydroxyl groups is 1. The van der Waals surface area contributed by atoms with Gasteiger partial charge in [-0.3, -0.25) is 28.2 Å². The number of Topliss-reactive ketones (excluding diaryl/α,β-unsaturated/α-hetero) is 1. The Morgan fingerprint density at radius 1 is 1.00 bits per heavy atom. The Balaban J connectivity index is 2.00. The molecule has 0 saturated carbocycles. The molecule has 22 heteroatoms. The summed E-state index contributed by atoms with van der Waals surface area (Å²) in [5.41, 5.74) is -0.769. The molecular weight excluding hydrogens is 797 g/mol. The minimum atomic E-state index is -5.12. The van der Waals surface area contributed by atoms with E-state index in [-0.39, 0.29) is 10.6 Å². The molecule has 2 unspecified atom stereocenters. The third kappa shape index (κ3) is 10.9. The van der Waals surface area contributed by atoms with Gasteiger partial charge < -0.3 is 35.2 Å². The number of carbonyl (C=O) groups is 5. The van der Waals surface area contributed by atoms with Gasteiger partial charge in [0, 0.05) is 17.1 Å². The van der Waals surface area contributed by atoms with Crippen molar-refractivity contribution in [3.8, 4) is 5.75 Å². The number of ketones is 1. The molecule has 1 saturated heterocycles. The Kier molecular flexibility index (Phi) is 14.8. The molecule has 4 amide bonds. The van der Waals surface area contributed by atoms with Gasteiger partial charge in [-0.25, -0.2) is 0 Å². The molecular formula is C33H35ClF7N4O9S-. The molecule has 3 rings (SSSR count). The fourth-order valence-corrected chi connectivity index (χ4v) is 6.83. The van der Waals surface area contributed by atoms with Crippen molar-refractivity contribution >= 4 is 52.1 Å². The molecule has 0 aromatic heterocycles. The Morgan fingerprint density at radius 3 is 2.13 bits per heavy atom. The number of hydrogen-bond donors (Lipinski definition) is 4. The number of nitrogens with one attached hydrogen (secondary N) is 3. The number of methoxy groups -OCH3 is 1. The number of halogens is 8. The van der Waals surface area contributed by atoms with Gasteiger partial charge in [0.1, 0.15) is 24.4 Å². The summed E-state index contributed by atoms with van der Waals surface area (Å²) in [7, 11) is 1.34. The first-order valence-electron chi connectivity index (χ1n) is 16.1. The number of benzene rings is 2. The van der Waals surface area contributed by atoms with E-state index in [1.165, 1.54) is 37.4 Å². The number of carbonyl (C=O) groups excluding carboxylic acids is 5. The van der Waals surface area contributed by atoms with E-state index >= 15 is 8.78 Å². The summed E-state index contributed by atoms with van der Waals surface area (Å²) >= 11 is 2.78. The van der Waals surface area contributed by atoms with Crippen molar-refractivity contribution in [2.45, 2.75) is 61.7 Å². The standard InChI is InChI=1S/C33H36ClF7N4O9S/c1-16(2)24(26(47)33(40,41)29(50)42-15-31(35,36)37)44-27(48)23-11-18(25(55(52)53)17-7-9-21(54-3)10-8-17)13-45(23)28(49)22(14-46)43-30(51)32(38,39)19-5-4-6-20(34)12-19/h4-10,12,16,18,22-25,46H,11,13-15H2,1-3H3,(H,42,50)(H,43,51)(H,44,48)(H,52,53)/p-1/t18-,22+,23+,24+,25?/m1/s1. The van der Waals surface area contributed by atoms with Gasteiger partial charge in [-0.15, -0.1) is 0 Å². The van der Waals surface area contributed by atoms with Crippen LogP contribution in [0.3, 0.4) is 0 Å². The number of hydrogen-bond acceptors (Lipinski definition) is 9.